The quantitative estimate of drug-likeness (QED) is 0.179. The van der Waals surface area contributed by atoms with Crippen molar-refractivity contribution in [1.29, 1.82) is 0 Å². The molecule has 0 spiro atoms. The van der Waals surface area contributed by atoms with Crippen molar-refractivity contribution in [3.05, 3.63) is 188 Å². The van der Waals surface area contributed by atoms with Crippen molar-refractivity contribution >= 4 is 55.9 Å². The molecule has 2 aliphatic rings. The molecule has 8 aromatic carbocycles. The number of hydrogen-bond acceptors (Lipinski definition) is 4. The Labute approximate surface area is 310 Å². The predicted molar refractivity (Wildman–Crippen MR) is 216 cm³/mol. The average molecular weight is 700 g/mol. The number of benzene rings is 8. The van der Waals surface area contributed by atoms with Crippen molar-refractivity contribution in [2.45, 2.75) is 0 Å². The average Bonchev–Trinajstić information content (AvgIpc) is 3.55. The van der Waals surface area contributed by atoms with Gasteiger partial charge in [-0.3, -0.25) is 4.90 Å². The first-order chi connectivity index (χ1) is 26.7. The van der Waals surface area contributed by atoms with Gasteiger partial charge in [-0.15, -0.1) is 0 Å². The lowest BCUT2D eigenvalue weighted by Crippen LogP contribution is -2.21. The van der Waals surface area contributed by atoms with Crippen LogP contribution in [0.1, 0.15) is 0 Å². The van der Waals surface area contributed by atoms with E-state index in [1.807, 2.05) is 66.7 Å². The molecule has 0 bridgehead atoms. The molecule has 0 unspecified atom stereocenters. The molecule has 0 amide bonds. The zero-order chi connectivity index (χ0) is 35.8. The number of para-hydroxylation sites is 7. The molecule has 256 valence electrons. The van der Waals surface area contributed by atoms with Crippen LogP contribution < -0.4 is 19.3 Å². The first-order valence-electron chi connectivity index (χ1n) is 18.0. The predicted octanol–water partition coefficient (Wildman–Crippen LogP) is 13.7. The molecule has 6 heteroatoms. The first-order valence-corrected chi connectivity index (χ1v) is 18.0. The Kier molecular flexibility index (Phi) is 6.67. The molecule has 5 nitrogen and oxygen atoms in total. The van der Waals surface area contributed by atoms with E-state index in [0.29, 0.717) is 11.5 Å². The molecule has 54 heavy (non-hydrogen) atoms. The second-order valence-corrected chi connectivity index (χ2v) is 13.5. The largest absolute Gasteiger partial charge is 0.453 e. The van der Waals surface area contributed by atoms with E-state index < -0.39 is 0 Å². The van der Waals surface area contributed by atoms with Crippen LogP contribution in [0.4, 0.5) is 38.5 Å². The first kappa shape index (κ1) is 30.3. The van der Waals surface area contributed by atoms with E-state index in [9.17, 15) is 4.39 Å². The molecular formula is C48H30FN3O2. The summed E-state index contributed by atoms with van der Waals surface area (Å²) in [5.41, 5.74) is 10.7. The highest BCUT2D eigenvalue weighted by Crippen LogP contribution is 2.61. The van der Waals surface area contributed by atoms with Gasteiger partial charge in [-0.25, -0.2) is 4.39 Å². The van der Waals surface area contributed by atoms with Crippen LogP contribution in [0.3, 0.4) is 0 Å². The molecular weight excluding hydrogens is 670 g/mol. The summed E-state index contributed by atoms with van der Waals surface area (Å²) in [6.45, 7) is 0. The summed E-state index contributed by atoms with van der Waals surface area (Å²) in [7, 11) is 0. The molecule has 0 aliphatic carbocycles. The Bertz CT molecular complexity index is 2850. The van der Waals surface area contributed by atoms with Gasteiger partial charge in [-0.05, 0) is 84.4 Å². The molecule has 9 aromatic rings. The van der Waals surface area contributed by atoms with Gasteiger partial charge < -0.3 is 18.9 Å². The smallest absolute Gasteiger partial charge is 0.157 e. The molecule has 3 heterocycles. The molecule has 2 aliphatic heterocycles. The SMILES string of the molecule is Fc1ccc(-c2ccccc2N(c2cc3c4c(c2)Oc2ccccc2N4c2ccccc2O3)c2ccc3c(c2)c2ccccc2n3-c2ccccc2)cc1. The van der Waals surface area contributed by atoms with Gasteiger partial charge in [0.05, 0.1) is 33.8 Å². The minimum absolute atomic E-state index is 0.276. The maximum atomic E-state index is 14.2. The van der Waals surface area contributed by atoms with Crippen LogP contribution in [0.15, 0.2) is 182 Å². The van der Waals surface area contributed by atoms with Gasteiger partial charge in [0, 0.05) is 39.8 Å². The minimum Gasteiger partial charge on any atom is -0.453 e. The van der Waals surface area contributed by atoms with E-state index in [1.165, 1.54) is 12.1 Å². The molecule has 0 saturated carbocycles. The van der Waals surface area contributed by atoms with Gasteiger partial charge in [0.15, 0.2) is 23.0 Å². The summed E-state index contributed by atoms with van der Waals surface area (Å²) in [6, 6.07) is 61.0. The summed E-state index contributed by atoms with van der Waals surface area (Å²) in [4.78, 5) is 4.48. The molecule has 0 fully saturated rings. The van der Waals surface area contributed by atoms with Crippen LogP contribution in [0.25, 0.3) is 38.6 Å². The lowest BCUT2D eigenvalue weighted by molar-refractivity contribution is 0.446. The van der Waals surface area contributed by atoms with Crippen molar-refractivity contribution in [3.8, 4) is 39.8 Å². The fourth-order valence-electron chi connectivity index (χ4n) is 8.06. The van der Waals surface area contributed by atoms with Gasteiger partial charge in [-0.2, -0.15) is 0 Å². The normalized spacial score (nSPS) is 12.4. The fraction of sp³-hybridized carbons (Fsp3) is 0. The van der Waals surface area contributed by atoms with Gasteiger partial charge in [0.25, 0.3) is 0 Å². The monoisotopic (exact) mass is 699 g/mol. The Morgan fingerprint density at radius 3 is 1.81 bits per heavy atom. The molecule has 0 radical (unpaired) electrons. The lowest BCUT2D eigenvalue weighted by Gasteiger charge is -2.39. The number of anilines is 6. The van der Waals surface area contributed by atoms with Gasteiger partial charge in [0.1, 0.15) is 11.5 Å². The number of hydrogen-bond donors (Lipinski definition) is 0. The van der Waals surface area contributed by atoms with E-state index in [2.05, 4.69) is 117 Å². The Hall–Kier alpha value is -7.31. The van der Waals surface area contributed by atoms with E-state index in [-0.39, 0.29) is 5.82 Å². The Balaban J connectivity index is 1.17. The second kappa shape index (κ2) is 11.9. The number of nitrogens with zero attached hydrogens (tertiary/aromatic N) is 3. The van der Waals surface area contributed by atoms with Crippen molar-refractivity contribution in [3.63, 3.8) is 0 Å². The van der Waals surface area contributed by atoms with Crippen LogP contribution in [0, 0.1) is 5.82 Å². The van der Waals surface area contributed by atoms with Crippen molar-refractivity contribution < 1.29 is 13.9 Å². The van der Waals surface area contributed by atoms with E-state index in [1.54, 1.807) is 0 Å². The van der Waals surface area contributed by atoms with Gasteiger partial charge in [-0.1, -0.05) is 91.0 Å². The van der Waals surface area contributed by atoms with E-state index in [4.69, 9.17) is 9.47 Å². The molecule has 11 rings (SSSR count). The van der Waals surface area contributed by atoms with Crippen molar-refractivity contribution in [2.75, 3.05) is 9.80 Å². The maximum absolute atomic E-state index is 14.2. The number of ether oxygens (including phenoxy) is 2. The zero-order valence-corrected chi connectivity index (χ0v) is 28.9. The third-order valence-corrected chi connectivity index (χ3v) is 10.4. The van der Waals surface area contributed by atoms with Crippen LogP contribution in [0.2, 0.25) is 0 Å². The van der Waals surface area contributed by atoms with Crippen molar-refractivity contribution in [2.24, 2.45) is 0 Å². The highest BCUT2D eigenvalue weighted by atomic mass is 19.1. The topological polar surface area (TPSA) is 29.9 Å². The summed E-state index contributed by atoms with van der Waals surface area (Å²) in [5, 5.41) is 2.28. The number of halogens is 1. The second-order valence-electron chi connectivity index (χ2n) is 13.5. The molecule has 0 saturated heterocycles. The van der Waals surface area contributed by atoms with Gasteiger partial charge in [0.2, 0.25) is 0 Å². The zero-order valence-electron chi connectivity index (χ0n) is 28.9. The highest BCUT2D eigenvalue weighted by molar-refractivity contribution is 6.11. The molecule has 0 atom stereocenters. The van der Waals surface area contributed by atoms with Crippen LogP contribution in [0.5, 0.6) is 23.0 Å². The third kappa shape index (κ3) is 4.63. The minimum atomic E-state index is -0.276. The standard InChI is InChI=1S/C48H30FN3O2/c49-32-24-22-31(23-25-32)36-14-4-6-16-39(36)50(34-26-27-41-38(28-34)37-15-5-7-17-40(37)51(41)33-12-2-1-3-13-33)35-29-46-48-47(30-35)54-45-21-11-9-19-43(45)52(48)42-18-8-10-20-44(42)53-46/h1-30H. The van der Waals surface area contributed by atoms with Crippen molar-refractivity contribution in [1.82, 2.24) is 4.57 Å². The van der Waals surface area contributed by atoms with Crippen LogP contribution in [-0.2, 0) is 0 Å². The summed E-state index contributed by atoms with van der Waals surface area (Å²) in [5.74, 6) is 2.61. The summed E-state index contributed by atoms with van der Waals surface area (Å²) >= 11 is 0. The summed E-state index contributed by atoms with van der Waals surface area (Å²) < 4.78 is 30.0. The van der Waals surface area contributed by atoms with E-state index in [0.717, 1.165) is 84.2 Å². The number of aromatic nitrogens is 1. The molecule has 0 N–H and O–H groups in total. The van der Waals surface area contributed by atoms with Gasteiger partial charge >= 0.3 is 0 Å². The Morgan fingerprint density at radius 1 is 0.463 bits per heavy atom. The number of rotatable bonds is 5. The Morgan fingerprint density at radius 2 is 1.07 bits per heavy atom. The van der Waals surface area contributed by atoms with Crippen LogP contribution in [-0.4, -0.2) is 4.57 Å². The maximum Gasteiger partial charge on any atom is 0.157 e. The fourth-order valence-corrected chi connectivity index (χ4v) is 8.06. The highest BCUT2D eigenvalue weighted by Gasteiger charge is 2.36. The summed E-state index contributed by atoms with van der Waals surface area (Å²) in [6.07, 6.45) is 0. The lowest BCUT2D eigenvalue weighted by atomic mass is 10.0. The van der Waals surface area contributed by atoms with E-state index >= 15 is 0 Å². The van der Waals surface area contributed by atoms with Crippen LogP contribution >= 0.6 is 0 Å². The third-order valence-electron chi connectivity index (χ3n) is 10.4. The number of fused-ring (bicyclic) bond motifs is 7. The molecule has 1 aromatic heterocycles.